The summed E-state index contributed by atoms with van der Waals surface area (Å²) in [7, 11) is 0. The standard InChI is InChI=1S/C13H17ClN2O4/c1-8-2-3-9(14)6-10(8)16-12(18)7-11(13(19)20)15-4-5-17/h2-3,6,11,15,17H,4-5,7H2,1H3,(H,16,18)(H,19,20)/t11-/m1/s1. The van der Waals surface area contributed by atoms with Crippen molar-refractivity contribution >= 4 is 29.2 Å². The number of carboxylic acids is 1. The molecule has 0 aliphatic heterocycles. The van der Waals surface area contributed by atoms with Crippen molar-refractivity contribution in [1.82, 2.24) is 0 Å². The molecule has 0 spiro atoms. The maximum atomic E-state index is 11.8. The van der Waals surface area contributed by atoms with Gasteiger partial charge in [-0.2, -0.15) is 0 Å². The van der Waals surface area contributed by atoms with Gasteiger partial charge < -0.3 is 25.6 Å². The average Bonchev–Trinajstić information content (AvgIpc) is 2.38. The van der Waals surface area contributed by atoms with Crippen LogP contribution in [0.1, 0.15) is 12.0 Å². The number of hydrogen-bond donors (Lipinski definition) is 3. The number of quaternary nitrogens is 1. The van der Waals surface area contributed by atoms with E-state index < -0.39 is 17.9 Å². The van der Waals surface area contributed by atoms with Crippen LogP contribution in [0.5, 0.6) is 0 Å². The van der Waals surface area contributed by atoms with E-state index in [1.807, 2.05) is 0 Å². The summed E-state index contributed by atoms with van der Waals surface area (Å²) in [6.07, 6.45) is -0.242. The summed E-state index contributed by atoms with van der Waals surface area (Å²) >= 11 is 5.84. The van der Waals surface area contributed by atoms with Crippen LogP contribution in [0.4, 0.5) is 5.69 Å². The lowest BCUT2D eigenvalue weighted by Crippen LogP contribution is -2.94. The molecule has 110 valence electrons. The molecule has 1 amide bonds. The second kappa shape index (κ2) is 7.84. The number of hydrogen-bond acceptors (Lipinski definition) is 4. The van der Waals surface area contributed by atoms with Crippen molar-refractivity contribution in [3.63, 3.8) is 0 Å². The number of amides is 1. The van der Waals surface area contributed by atoms with Crippen molar-refractivity contribution in [1.29, 1.82) is 0 Å². The van der Waals surface area contributed by atoms with Gasteiger partial charge in [0.1, 0.15) is 6.04 Å². The molecule has 1 rings (SSSR count). The third kappa shape index (κ3) is 5.16. The number of halogens is 1. The molecular formula is C13H17ClN2O4. The molecule has 1 atom stereocenters. The van der Waals surface area contributed by atoms with Gasteiger partial charge in [-0.1, -0.05) is 17.7 Å². The van der Waals surface area contributed by atoms with Crippen LogP contribution in [0.15, 0.2) is 18.2 Å². The number of aliphatic hydroxyl groups is 1. The molecule has 0 fully saturated rings. The van der Waals surface area contributed by atoms with Crippen LogP contribution in [0.25, 0.3) is 0 Å². The van der Waals surface area contributed by atoms with Crippen LogP contribution in [0.2, 0.25) is 5.02 Å². The van der Waals surface area contributed by atoms with Crippen LogP contribution < -0.4 is 15.7 Å². The van der Waals surface area contributed by atoms with E-state index in [1.54, 1.807) is 25.1 Å². The van der Waals surface area contributed by atoms with E-state index in [1.165, 1.54) is 5.32 Å². The van der Waals surface area contributed by atoms with E-state index >= 15 is 0 Å². The Hall–Kier alpha value is -1.63. The van der Waals surface area contributed by atoms with Gasteiger partial charge >= 0.3 is 0 Å². The summed E-state index contributed by atoms with van der Waals surface area (Å²) in [4.78, 5) is 22.7. The first-order chi connectivity index (χ1) is 9.43. The van der Waals surface area contributed by atoms with E-state index in [2.05, 4.69) is 5.32 Å². The first-order valence-corrected chi connectivity index (χ1v) is 6.53. The molecule has 20 heavy (non-hydrogen) atoms. The number of rotatable bonds is 7. The maximum absolute atomic E-state index is 11.8. The molecule has 0 bridgehead atoms. The first kappa shape index (κ1) is 16.4. The van der Waals surface area contributed by atoms with Crippen LogP contribution in [0.3, 0.4) is 0 Å². The minimum atomic E-state index is -1.34. The minimum Gasteiger partial charge on any atom is -0.544 e. The van der Waals surface area contributed by atoms with Crippen molar-refractivity contribution in [2.24, 2.45) is 0 Å². The smallest absolute Gasteiger partial charge is 0.230 e. The Labute approximate surface area is 121 Å². The third-order valence-corrected chi connectivity index (χ3v) is 3.00. The van der Waals surface area contributed by atoms with Crippen molar-refractivity contribution in [3.8, 4) is 0 Å². The monoisotopic (exact) mass is 300 g/mol. The number of aliphatic hydroxyl groups excluding tert-OH is 1. The Morgan fingerprint density at radius 1 is 1.50 bits per heavy atom. The highest BCUT2D eigenvalue weighted by atomic mass is 35.5. The van der Waals surface area contributed by atoms with Crippen molar-refractivity contribution in [2.45, 2.75) is 19.4 Å². The largest absolute Gasteiger partial charge is 0.544 e. The molecule has 0 aliphatic rings. The third-order valence-electron chi connectivity index (χ3n) is 2.76. The molecule has 1 aromatic rings. The van der Waals surface area contributed by atoms with Gasteiger partial charge in [-0.25, -0.2) is 0 Å². The highest BCUT2D eigenvalue weighted by Crippen LogP contribution is 2.20. The van der Waals surface area contributed by atoms with E-state index in [0.29, 0.717) is 10.7 Å². The average molecular weight is 301 g/mol. The lowest BCUT2D eigenvalue weighted by Gasteiger charge is -2.16. The van der Waals surface area contributed by atoms with Gasteiger partial charge in [0.15, 0.2) is 0 Å². The molecule has 0 unspecified atom stereocenters. The number of aryl methyl sites for hydroxylation is 1. The van der Waals surface area contributed by atoms with Gasteiger partial charge in [-0.15, -0.1) is 0 Å². The van der Waals surface area contributed by atoms with E-state index in [4.69, 9.17) is 16.7 Å². The Morgan fingerprint density at radius 2 is 2.20 bits per heavy atom. The van der Waals surface area contributed by atoms with E-state index in [9.17, 15) is 14.7 Å². The predicted octanol–water partition coefficient (Wildman–Crippen LogP) is -1.35. The summed E-state index contributed by atoms with van der Waals surface area (Å²) in [6, 6.07) is 4.03. The SMILES string of the molecule is Cc1ccc(Cl)cc1NC(=O)C[C@@H]([NH2+]CCO)C(=O)[O-]. The van der Waals surface area contributed by atoms with Gasteiger partial charge in [0.25, 0.3) is 0 Å². The fraction of sp³-hybridized carbons (Fsp3) is 0.385. The highest BCUT2D eigenvalue weighted by molar-refractivity contribution is 6.31. The Morgan fingerprint density at radius 3 is 2.80 bits per heavy atom. The zero-order chi connectivity index (χ0) is 15.1. The van der Waals surface area contributed by atoms with E-state index in [-0.39, 0.29) is 19.6 Å². The summed E-state index contributed by atoms with van der Waals surface area (Å²) in [5.41, 5.74) is 1.37. The molecule has 0 saturated heterocycles. The molecule has 6 nitrogen and oxygen atoms in total. The van der Waals surface area contributed by atoms with Crippen LogP contribution >= 0.6 is 11.6 Å². The van der Waals surface area contributed by atoms with Crippen molar-refractivity contribution < 1.29 is 25.1 Å². The molecule has 0 saturated carbocycles. The topological polar surface area (TPSA) is 106 Å². The molecule has 0 aromatic heterocycles. The first-order valence-electron chi connectivity index (χ1n) is 6.15. The Bertz CT molecular complexity index is 493. The van der Waals surface area contributed by atoms with Crippen LogP contribution in [0, 0.1) is 6.92 Å². The number of aliphatic carboxylic acids is 1. The second-order valence-electron chi connectivity index (χ2n) is 4.39. The molecule has 0 aliphatic carbocycles. The predicted molar refractivity (Wildman–Crippen MR) is 72.1 cm³/mol. The maximum Gasteiger partial charge on any atom is 0.230 e. The lowest BCUT2D eigenvalue weighted by atomic mass is 10.1. The van der Waals surface area contributed by atoms with Gasteiger partial charge in [0, 0.05) is 10.7 Å². The van der Waals surface area contributed by atoms with Crippen molar-refractivity contribution in [2.75, 3.05) is 18.5 Å². The fourth-order valence-electron chi connectivity index (χ4n) is 1.67. The van der Waals surface area contributed by atoms with Crippen LogP contribution in [-0.4, -0.2) is 36.2 Å². The van der Waals surface area contributed by atoms with E-state index in [0.717, 1.165) is 5.56 Å². The van der Waals surface area contributed by atoms with Crippen molar-refractivity contribution in [3.05, 3.63) is 28.8 Å². The van der Waals surface area contributed by atoms with Gasteiger partial charge in [0.2, 0.25) is 5.91 Å². The molecular weight excluding hydrogens is 284 g/mol. The zero-order valence-electron chi connectivity index (χ0n) is 11.1. The second-order valence-corrected chi connectivity index (χ2v) is 4.82. The Kier molecular flexibility index (Phi) is 6.44. The number of carboxylic acid groups (broad SMARTS) is 1. The van der Waals surface area contributed by atoms with Gasteiger partial charge in [-0.3, -0.25) is 4.79 Å². The molecule has 4 N–H and O–H groups in total. The minimum absolute atomic E-state index is 0.168. The molecule has 1 aromatic carbocycles. The number of carbonyl (C=O) groups is 2. The molecule has 7 heteroatoms. The van der Waals surface area contributed by atoms with Crippen LogP contribution in [-0.2, 0) is 9.59 Å². The molecule has 0 radical (unpaired) electrons. The number of benzene rings is 1. The normalized spacial score (nSPS) is 11.9. The van der Waals surface area contributed by atoms with Gasteiger partial charge in [0.05, 0.1) is 25.5 Å². The summed E-state index contributed by atoms with van der Waals surface area (Å²) in [5.74, 6) is -1.78. The quantitative estimate of drug-likeness (QED) is 0.579. The zero-order valence-corrected chi connectivity index (χ0v) is 11.8. The number of nitrogens with one attached hydrogen (secondary N) is 1. The lowest BCUT2D eigenvalue weighted by molar-refractivity contribution is -0.683. The number of anilines is 1. The Balaban J connectivity index is 2.65. The fourth-order valence-corrected chi connectivity index (χ4v) is 1.84. The summed E-state index contributed by atoms with van der Waals surface area (Å²) in [6.45, 7) is 1.83. The summed E-state index contributed by atoms with van der Waals surface area (Å²) < 4.78 is 0. The van der Waals surface area contributed by atoms with Gasteiger partial charge in [-0.05, 0) is 24.6 Å². The summed E-state index contributed by atoms with van der Waals surface area (Å²) in [5, 5.41) is 24.0. The number of nitrogens with two attached hydrogens (primary N) is 1. The molecule has 0 heterocycles. The number of carbonyl (C=O) groups excluding carboxylic acids is 2. The highest BCUT2D eigenvalue weighted by Gasteiger charge is 2.18.